The van der Waals surface area contributed by atoms with Gasteiger partial charge in [0.2, 0.25) is 0 Å². The topological polar surface area (TPSA) is 68.6 Å². The first-order valence-electron chi connectivity index (χ1n) is 11.1. The zero-order chi connectivity index (χ0) is 21.9. The van der Waals surface area contributed by atoms with Crippen LogP contribution < -0.4 is 5.56 Å². The number of piperidine rings is 1. The van der Waals surface area contributed by atoms with Crippen LogP contribution in [-0.4, -0.2) is 40.0 Å². The van der Waals surface area contributed by atoms with Crippen molar-refractivity contribution >= 4 is 11.9 Å². The summed E-state index contributed by atoms with van der Waals surface area (Å²) in [6, 6.07) is 11.2. The van der Waals surface area contributed by atoms with Gasteiger partial charge in [-0.25, -0.2) is 4.79 Å². The number of esters is 1. The quantitative estimate of drug-likeness (QED) is 0.700. The minimum atomic E-state index is -1.21. The Morgan fingerprint density at radius 2 is 1.94 bits per heavy atom. The van der Waals surface area contributed by atoms with Crippen LogP contribution in [0.3, 0.4) is 0 Å². The molecule has 6 nitrogen and oxygen atoms in total. The van der Waals surface area contributed by atoms with Gasteiger partial charge in [-0.15, -0.1) is 0 Å². The van der Waals surface area contributed by atoms with Crippen LogP contribution >= 0.6 is 0 Å². The number of aromatic nitrogens is 1. The summed E-state index contributed by atoms with van der Waals surface area (Å²) in [5, 5.41) is 0. The van der Waals surface area contributed by atoms with Crippen LogP contribution in [0.1, 0.15) is 66.2 Å². The predicted molar refractivity (Wildman–Crippen MR) is 116 cm³/mol. The summed E-state index contributed by atoms with van der Waals surface area (Å²) >= 11 is 0. The Kier molecular flexibility index (Phi) is 4.57. The highest BCUT2D eigenvalue weighted by molar-refractivity contribution is 5.97. The maximum absolute atomic E-state index is 13.6. The summed E-state index contributed by atoms with van der Waals surface area (Å²) in [5.41, 5.74) is 2.40. The molecule has 3 aliphatic rings. The largest absolute Gasteiger partial charge is 0.445 e. The van der Waals surface area contributed by atoms with Crippen molar-refractivity contribution in [1.82, 2.24) is 9.47 Å². The molecule has 6 heteroatoms. The molecule has 3 atom stereocenters. The number of carbonyl (C=O) groups is 2. The number of hydrogen-bond donors (Lipinski definition) is 0. The Labute approximate surface area is 181 Å². The van der Waals surface area contributed by atoms with Gasteiger partial charge < -0.3 is 14.2 Å². The molecular formula is C25H28N2O4. The Hall–Kier alpha value is -2.89. The molecule has 5 rings (SSSR count). The zero-order valence-corrected chi connectivity index (χ0v) is 18.3. The first-order valence-corrected chi connectivity index (χ1v) is 11.1. The lowest BCUT2D eigenvalue weighted by Gasteiger charge is -2.45. The van der Waals surface area contributed by atoms with Crippen molar-refractivity contribution in [1.29, 1.82) is 0 Å². The van der Waals surface area contributed by atoms with Gasteiger partial charge in [-0.2, -0.15) is 0 Å². The van der Waals surface area contributed by atoms with Crippen LogP contribution in [0, 0.1) is 5.92 Å². The molecule has 0 spiro atoms. The lowest BCUT2D eigenvalue weighted by atomic mass is 9.81. The van der Waals surface area contributed by atoms with Gasteiger partial charge in [0.25, 0.3) is 11.5 Å². The van der Waals surface area contributed by atoms with Gasteiger partial charge in [-0.3, -0.25) is 9.59 Å². The number of pyridine rings is 1. The second-order valence-corrected chi connectivity index (χ2v) is 9.78. The molecule has 1 aromatic heterocycles. The first-order chi connectivity index (χ1) is 14.7. The fourth-order valence-corrected chi connectivity index (χ4v) is 5.49. The molecule has 162 valence electrons. The molecule has 1 saturated heterocycles. The van der Waals surface area contributed by atoms with Crippen molar-refractivity contribution in [3.63, 3.8) is 0 Å². The molecule has 0 aliphatic carbocycles. The van der Waals surface area contributed by atoms with E-state index in [-0.39, 0.29) is 23.3 Å². The van der Waals surface area contributed by atoms with Crippen molar-refractivity contribution in [2.24, 2.45) is 5.92 Å². The second-order valence-electron chi connectivity index (χ2n) is 9.78. The highest BCUT2D eigenvalue weighted by atomic mass is 16.6. The van der Waals surface area contributed by atoms with Crippen LogP contribution in [0.4, 0.5) is 0 Å². The monoisotopic (exact) mass is 420 g/mol. The third-order valence-corrected chi connectivity index (χ3v) is 7.08. The predicted octanol–water partition coefficient (Wildman–Crippen LogP) is 3.09. The average Bonchev–Trinajstić information content (AvgIpc) is 2.73. The zero-order valence-electron chi connectivity index (χ0n) is 18.3. The Morgan fingerprint density at radius 3 is 2.71 bits per heavy atom. The van der Waals surface area contributed by atoms with Crippen LogP contribution in [0.25, 0.3) is 0 Å². The third-order valence-electron chi connectivity index (χ3n) is 7.08. The third kappa shape index (κ3) is 3.29. The normalized spacial score (nSPS) is 26.8. The molecule has 0 radical (unpaired) electrons. The fourth-order valence-electron chi connectivity index (χ4n) is 5.49. The van der Waals surface area contributed by atoms with E-state index in [0.29, 0.717) is 37.5 Å². The van der Waals surface area contributed by atoms with Crippen LogP contribution in [-0.2, 0) is 22.5 Å². The Morgan fingerprint density at radius 1 is 1.13 bits per heavy atom. The molecule has 1 aromatic carbocycles. The number of benzene rings is 1. The minimum absolute atomic E-state index is 0.0257. The summed E-state index contributed by atoms with van der Waals surface area (Å²) in [6.07, 6.45) is 1.36. The van der Waals surface area contributed by atoms with E-state index in [1.54, 1.807) is 19.1 Å². The number of cyclic esters (lactones) is 1. The van der Waals surface area contributed by atoms with Crippen LogP contribution in [0.2, 0.25) is 0 Å². The molecule has 31 heavy (non-hydrogen) atoms. The number of carbonyl (C=O) groups excluding carboxylic acids is 2. The number of amides is 1. The summed E-state index contributed by atoms with van der Waals surface area (Å²) < 4.78 is 7.59. The van der Waals surface area contributed by atoms with Gasteiger partial charge in [0, 0.05) is 43.7 Å². The van der Waals surface area contributed by atoms with E-state index >= 15 is 0 Å². The van der Waals surface area contributed by atoms with Gasteiger partial charge in [-0.05, 0) is 48.4 Å². The second kappa shape index (κ2) is 7.08. The van der Waals surface area contributed by atoms with Crippen LogP contribution in [0.15, 0.2) is 41.2 Å². The van der Waals surface area contributed by atoms with Gasteiger partial charge in [0.15, 0.2) is 5.60 Å². The van der Waals surface area contributed by atoms with E-state index in [9.17, 15) is 14.4 Å². The van der Waals surface area contributed by atoms with Gasteiger partial charge >= 0.3 is 5.97 Å². The lowest BCUT2D eigenvalue weighted by molar-refractivity contribution is -0.154. The SMILES string of the molecule is CC(C)c1ccc2c(c1)CC(C)(C(=O)N1CC3CC(C1)c1cccc(=O)n1C3)OC2=O. The van der Waals surface area contributed by atoms with E-state index < -0.39 is 11.6 Å². The number of fused-ring (bicyclic) bond motifs is 5. The van der Waals surface area contributed by atoms with Crippen molar-refractivity contribution in [3.8, 4) is 0 Å². The number of nitrogens with zero attached hydrogens (tertiary/aromatic N) is 2. The van der Waals surface area contributed by atoms with E-state index in [0.717, 1.165) is 23.2 Å². The highest BCUT2D eigenvalue weighted by Gasteiger charge is 2.47. The summed E-state index contributed by atoms with van der Waals surface area (Å²) in [5.74, 6) is 0.144. The smallest absolute Gasteiger partial charge is 0.339 e. The van der Waals surface area contributed by atoms with Crippen molar-refractivity contribution in [2.75, 3.05) is 13.1 Å². The molecule has 3 unspecified atom stereocenters. The van der Waals surface area contributed by atoms with E-state index in [1.807, 2.05) is 33.7 Å². The van der Waals surface area contributed by atoms with Crippen molar-refractivity contribution in [2.45, 2.75) is 57.6 Å². The number of hydrogen-bond acceptors (Lipinski definition) is 4. The Bertz CT molecular complexity index is 1130. The molecule has 3 aliphatic heterocycles. The fraction of sp³-hybridized carbons (Fsp3) is 0.480. The van der Waals surface area contributed by atoms with Crippen molar-refractivity contribution in [3.05, 3.63) is 69.1 Å². The molecule has 1 amide bonds. The van der Waals surface area contributed by atoms with Gasteiger partial charge in [0.05, 0.1) is 5.56 Å². The molecule has 2 bridgehead atoms. The summed E-state index contributed by atoms with van der Waals surface area (Å²) in [7, 11) is 0. The maximum Gasteiger partial charge on any atom is 0.339 e. The Balaban J connectivity index is 1.42. The maximum atomic E-state index is 13.6. The molecule has 1 fully saturated rings. The molecule has 0 N–H and O–H groups in total. The lowest BCUT2D eigenvalue weighted by Crippen LogP contribution is -2.57. The van der Waals surface area contributed by atoms with Gasteiger partial charge in [0.1, 0.15) is 0 Å². The average molecular weight is 421 g/mol. The summed E-state index contributed by atoms with van der Waals surface area (Å²) in [4.78, 5) is 40.5. The highest BCUT2D eigenvalue weighted by Crippen LogP contribution is 2.38. The van der Waals surface area contributed by atoms with E-state index in [2.05, 4.69) is 13.8 Å². The van der Waals surface area contributed by atoms with Gasteiger partial charge in [-0.1, -0.05) is 32.0 Å². The standard InChI is InChI=1S/C25H28N2O4/c1-15(2)17-7-8-20-18(10-17)11-25(3,31-23(20)29)24(30)26-12-16-9-19(14-26)21-5-4-6-22(28)27(21)13-16/h4-8,10,15-16,19H,9,11-14H2,1-3H3. The van der Waals surface area contributed by atoms with E-state index in [1.165, 1.54) is 0 Å². The number of ether oxygens (including phenoxy) is 1. The van der Waals surface area contributed by atoms with Crippen molar-refractivity contribution < 1.29 is 14.3 Å². The number of likely N-dealkylation sites (tertiary alicyclic amines) is 1. The molecule has 0 saturated carbocycles. The minimum Gasteiger partial charge on any atom is -0.445 e. The van der Waals surface area contributed by atoms with Crippen LogP contribution in [0.5, 0.6) is 0 Å². The number of rotatable bonds is 2. The summed E-state index contributed by atoms with van der Waals surface area (Å²) in [6.45, 7) is 7.73. The molecular weight excluding hydrogens is 392 g/mol. The first kappa shape index (κ1) is 20.0. The molecule has 2 aromatic rings. The molecule has 4 heterocycles. The van der Waals surface area contributed by atoms with E-state index in [4.69, 9.17) is 4.74 Å².